The Kier molecular flexibility index (Phi) is 6.44. The fraction of sp³-hybridized carbons (Fsp3) is 0.529. The minimum Gasteiger partial charge on any atom is -0.339 e. The van der Waals surface area contributed by atoms with Gasteiger partial charge in [-0.1, -0.05) is 24.1 Å². The van der Waals surface area contributed by atoms with E-state index in [4.69, 9.17) is 10.3 Å². The van der Waals surface area contributed by atoms with Gasteiger partial charge in [-0.05, 0) is 49.9 Å². The number of nitrogens with two attached hydrogens (primary N) is 1. The minimum atomic E-state index is -3.56. The van der Waals surface area contributed by atoms with E-state index in [1.165, 1.54) is 0 Å². The Morgan fingerprint density at radius 1 is 1.23 bits per heavy atom. The number of aromatic nitrogens is 2. The van der Waals surface area contributed by atoms with E-state index in [0.29, 0.717) is 18.1 Å². The molecule has 144 valence electrons. The van der Waals surface area contributed by atoms with Crippen LogP contribution in [0.2, 0.25) is 0 Å². The SMILES string of the molecule is Cc1ccc(S(=O)(=O)NCCc2nc(C3(N)CCCC3)no2)cc1C.Cl. The van der Waals surface area contributed by atoms with Crippen LogP contribution < -0.4 is 10.5 Å². The van der Waals surface area contributed by atoms with E-state index in [0.717, 1.165) is 36.8 Å². The summed E-state index contributed by atoms with van der Waals surface area (Å²) in [5.74, 6) is 0.923. The maximum Gasteiger partial charge on any atom is 0.240 e. The second-order valence-corrected chi connectivity index (χ2v) is 8.54. The van der Waals surface area contributed by atoms with Crippen LogP contribution in [0.25, 0.3) is 0 Å². The molecule has 7 nitrogen and oxygen atoms in total. The van der Waals surface area contributed by atoms with Gasteiger partial charge in [0.1, 0.15) is 0 Å². The molecule has 1 aliphatic carbocycles. The van der Waals surface area contributed by atoms with E-state index in [1.807, 2.05) is 13.8 Å². The highest BCUT2D eigenvalue weighted by atomic mass is 35.5. The number of halogens is 1. The van der Waals surface area contributed by atoms with Crippen molar-refractivity contribution in [1.82, 2.24) is 14.9 Å². The van der Waals surface area contributed by atoms with Crippen LogP contribution >= 0.6 is 12.4 Å². The van der Waals surface area contributed by atoms with E-state index in [2.05, 4.69) is 14.9 Å². The summed E-state index contributed by atoms with van der Waals surface area (Å²) in [6.45, 7) is 4.02. The lowest BCUT2D eigenvalue weighted by Gasteiger charge is -2.17. The van der Waals surface area contributed by atoms with Gasteiger partial charge < -0.3 is 10.3 Å². The molecule has 26 heavy (non-hydrogen) atoms. The summed E-state index contributed by atoms with van der Waals surface area (Å²) >= 11 is 0. The Bertz CT molecular complexity index is 861. The van der Waals surface area contributed by atoms with Crippen LogP contribution in [-0.4, -0.2) is 25.1 Å². The van der Waals surface area contributed by atoms with Gasteiger partial charge in [0.25, 0.3) is 0 Å². The van der Waals surface area contributed by atoms with E-state index >= 15 is 0 Å². The second kappa shape index (κ2) is 8.04. The molecule has 0 saturated heterocycles. The van der Waals surface area contributed by atoms with Gasteiger partial charge in [-0.2, -0.15) is 4.98 Å². The van der Waals surface area contributed by atoms with Crippen LogP contribution in [0.3, 0.4) is 0 Å². The average molecular weight is 401 g/mol. The predicted molar refractivity (Wildman–Crippen MR) is 101 cm³/mol. The fourth-order valence-corrected chi connectivity index (χ4v) is 4.16. The first-order chi connectivity index (χ1) is 11.8. The highest BCUT2D eigenvalue weighted by Gasteiger charge is 2.35. The van der Waals surface area contributed by atoms with Crippen molar-refractivity contribution >= 4 is 22.4 Å². The van der Waals surface area contributed by atoms with Gasteiger partial charge in [0.2, 0.25) is 15.9 Å². The molecule has 0 bridgehead atoms. The monoisotopic (exact) mass is 400 g/mol. The molecule has 3 rings (SSSR count). The zero-order valence-corrected chi connectivity index (χ0v) is 16.6. The summed E-state index contributed by atoms with van der Waals surface area (Å²) in [6.07, 6.45) is 4.16. The van der Waals surface area contributed by atoms with Crippen molar-refractivity contribution in [2.45, 2.75) is 56.4 Å². The molecule has 1 aromatic carbocycles. The Morgan fingerprint density at radius 2 is 1.92 bits per heavy atom. The molecule has 0 unspecified atom stereocenters. The highest BCUT2D eigenvalue weighted by Crippen LogP contribution is 2.34. The number of hydrogen-bond acceptors (Lipinski definition) is 6. The molecule has 0 amide bonds. The summed E-state index contributed by atoms with van der Waals surface area (Å²) in [5.41, 5.74) is 7.79. The normalized spacial score (nSPS) is 16.4. The van der Waals surface area contributed by atoms with E-state index in [9.17, 15) is 8.42 Å². The van der Waals surface area contributed by atoms with Gasteiger partial charge in [-0.25, -0.2) is 13.1 Å². The van der Waals surface area contributed by atoms with Crippen LogP contribution in [0.5, 0.6) is 0 Å². The molecule has 1 aromatic heterocycles. The van der Waals surface area contributed by atoms with Gasteiger partial charge in [-0.3, -0.25) is 0 Å². The Labute approximate surface area is 160 Å². The molecule has 0 atom stereocenters. The van der Waals surface area contributed by atoms with Gasteiger partial charge in [0.05, 0.1) is 10.4 Å². The van der Waals surface area contributed by atoms with Gasteiger partial charge in [-0.15, -0.1) is 12.4 Å². The quantitative estimate of drug-likeness (QED) is 0.769. The number of sulfonamides is 1. The van der Waals surface area contributed by atoms with Crippen LogP contribution in [0.4, 0.5) is 0 Å². The topological polar surface area (TPSA) is 111 Å². The maximum atomic E-state index is 12.4. The second-order valence-electron chi connectivity index (χ2n) is 6.77. The smallest absolute Gasteiger partial charge is 0.240 e. The van der Waals surface area contributed by atoms with Crippen LogP contribution in [0.1, 0.15) is 48.5 Å². The van der Waals surface area contributed by atoms with E-state index in [-0.39, 0.29) is 23.8 Å². The van der Waals surface area contributed by atoms with Crippen molar-refractivity contribution in [1.29, 1.82) is 0 Å². The molecule has 9 heteroatoms. The summed E-state index contributed by atoms with van der Waals surface area (Å²) in [4.78, 5) is 4.60. The summed E-state index contributed by atoms with van der Waals surface area (Å²) < 4.78 is 32.5. The van der Waals surface area contributed by atoms with Crippen molar-refractivity contribution in [3.05, 3.63) is 41.0 Å². The third-order valence-corrected chi connectivity index (χ3v) is 6.29. The Hall–Kier alpha value is -1.48. The number of benzene rings is 1. The first-order valence-electron chi connectivity index (χ1n) is 8.49. The summed E-state index contributed by atoms with van der Waals surface area (Å²) in [5, 5.41) is 3.98. The largest absolute Gasteiger partial charge is 0.339 e. The molecule has 1 fully saturated rings. The third-order valence-electron chi connectivity index (χ3n) is 4.83. The molecular formula is C17H25ClN4O3S. The van der Waals surface area contributed by atoms with Gasteiger partial charge in [0.15, 0.2) is 5.82 Å². The molecule has 1 heterocycles. The predicted octanol–water partition coefficient (Wildman–Crippen LogP) is 2.36. The van der Waals surface area contributed by atoms with Crippen molar-refractivity contribution in [2.75, 3.05) is 6.54 Å². The lowest BCUT2D eigenvalue weighted by Crippen LogP contribution is -2.34. The lowest BCUT2D eigenvalue weighted by atomic mass is 9.99. The molecule has 1 saturated carbocycles. The van der Waals surface area contributed by atoms with Crippen molar-refractivity contribution in [3.63, 3.8) is 0 Å². The fourth-order valence-electron chi connectivity index (χ4n) is 3.04. The number of rotatable bonds is 6. The molecule has 3 N–H and O–H groups in total. The molecule has 1 aliphatic rings. The van der Waals surface area contributed by atoms with Crippen LogP contribution in [0.15, 0.2) is 27.6 Å². The van der Waals surface area contributed by atoms with E-state index < -0.39 is 15.6 Å². The van der Waals surface area contributed by atoms with Crippen LogP contribution in [0, 0.1) is 13.8 Å². The Morgan fingerprint density at radius 3 is 2.58 bits per heavy atom. The van der Waals surface area contributed by atoms with Crippen LogP contribution in [-0.2, 0) is 22.0 Å². The standard InChI is InChI=1S/C17H24N4O3S.ClH/c1-12-5-6-14(11-13(12)2)25(22,23)19-10-7-15-20-16(21-24-15)17(18)8-3-4-9-17;/h5-6,11,19H,3-4,7-10,18H2,1-2H3;1H. The molecular weight excluding hydrogens is 376 g/mol. The maximum absolute atomic E-state index is 12.4. The molecule has 2 aromatic rings. The third kappa shape index (κ3) is 4.43. The number of nitrogens with zero attached hydrogens (tertiary/aromatic N) is 2. The van der Waals surface area contributed by atoms with Crippen molar-refractivity contribution < 1.29 is 12.9 Å². The molecule has 0 aliphatic heterocycles. The zero-order chi connectivity index (χ0) is 18.1. The summed E-state index contributed by atoms with van der Waals surface area (Å²) in [7, 11) is -3.56. The number of aryl methyl sites for hydroxylation is 2. The number of hydrogen-bond donors (Lipinski definition) is 2. The zero-order valence-electron chi connectivity index (χ0n) is 15.0. The van der Waals surface area contributed by atoms with Crippen molar-refractivity contribution in [3.8, 4) is 0 Å². The van der Waals surface area contributed by atoms with E-state index in [1.54, 1.807) is 18.2 Å². The average Bonchev–Trinajstić information content (AvgIpc) is 3.20. The van der Waals surface area contributed by atoms with Gasteiger partial charge in [0, 0.05) is 13.0 Å². The first kappa shape index (κ1) is 20.8. The van der Waals surface area contributed by atoms with Gasteiger partial charge >= 0.3 is 0 Å². The first-order valence-corrected chi connectivity index (χ1v) is 9.97. The molecule has 0 spiro atoms. The summed E-state index contributed by atoms with van der Waals surface area (Å²) in [6, 6.07) is 5.07. The highest BCUT2D eigenvalue weighted by molar-refractivity contribution is 7.89. The minimum absolute atomic E-state index is 0. The van der Waals surface area contributed by atoms with Crippen molar-refractivity contribution in [2.24, 2.45) is 5.73 Å². The lowest BCUT2D eigenvalue weighted by molar-refractivity contribution is 0.348. The number of nitrogens with one attached hydrogen (secondary N) is 1. The Balaban J connectivity index is 0.00000243. The molecule has 0 radical (unpaired) electrons.